The summed E-state index contributed by atoms with van der Waals surface area (Å²) in [6, 6.07) is 13.7. The summed E-state index contributed by atoms with van der Waals surface area (Å²) >= 11 is 0. The van der Waals surface area contributed by atoms with Crippen molar-refractivity contribution in [1.82, 2.24) is 5.32 Å². The van der Waals surface area contributed by atoms with Gasteiger partial charge in [0.15, 0.2) is 11.5 Å². The van der Waals surface area contributed by atoms with Crippen LogP contribution in [0.2, 0.25) is 0 Å². The van der Waals surface area contributed by atoms with Crippen molar-refractivity contribution in [1.29, 1.82) is 0 Å². The lowest BCUT2D eigenvalue weighted by Gasteiger charge is -2.07. The third kappa shape index (κ3) is 3.32. The molecule has 3 rings (SSSR count). The molecule has 2 amide bonds. The van der Waals surface area contributed by atoms with Gasteiger partial charge in [-0.3, -0.25) is 9.59 Å². The Balaban J connectivity index is 1.84. The third-order valence-electron chi connectivity index (χ3n) is 3.26. The molecule has 2 aromatic rings. The van der Waals surface area contributed by atoms with Crippen molar-refractivity contribution < 1.29 is 19.1 Å². The summed E-state index contributed by atoms with van der Waals surface area (Å²) in [6.07, 6.45) is 1.49. The molecule has 0 unspecified atom stereocenters. The number of ether oxygens (including phenoxy) is 2. The minimum absolute atomic E-state index is 0.00211. The van der Waals surface area contributed by atoms with Gasteiger partial charge >= 0.3 is 0 Å². The van der Waals surface area contributed by atoms with Gasteiger partial charge in [-0.2, -0.15) is 0 Å². The second-order valence-electron chi connectivity index (χ2n) is 4.86. The van der Waals surface area contributed by atoms with Gasteiger partial charge in [0.05, 0.1) is 0 Å². The Morgan fingerprint density at radius 3 is 2.52 bits per heavy atom. The van der Waals surface area contributed by atoms with Crippen molar-refractivity contribution in [3.63, 3.8) is 0 Å². The number of nitrogens with two attached hydrogens (primary N) is 1. The van der Waals surface area contributed by atoms with Crippen LogP contribution in [0.25, 0.3) is 6.08 Å². The molecule has 1 aliphatic heterocycles. The van der Waals surface area contributed by atoms with E-state index in [0.717, 1.165) is 0 Å². The molecule has 0 saturated heterocycles. The highest BCUT2D eigenvalue weighted by Gasteiger charge is 2.15. The SMILES string of the molecule is NC(=O)C(=Cc1ccc2c(c1)OCO2)NC(=O)c1ccccc1. The molecule has 1 aliphatic rings. The number of hydrogen-bond donors (Lipinski definition) is 2. The second kappa shape index (κ2) is 6.23. The number of amides is 2. The number of primary amides is 1. The number of nitrogens with one attached hydrogen (secondary N) is 1. The van der Waals surface area contributed by atoms with E-state index < -0.39 is 11.8 Å². The van der Waals surface area contributed by atoms with Gasteiger partial charge in [0.1, 0.15) is 5.70 Å². The quantitative estimate of drug-likeness (QED) is 0.841. The molecule has 0 aromatic heterocycles. The molecule has 23 heavy (non-hydrogen) atoms. The normalized spacial score (nSPS) is 12.8. The van der Waals surface area contributed by atoms with E-state index in [0.29, 0.717) is 22.6 Å². The van der Waals surface area contributed by atoms with E-state index in [-0.39, 0.29) is 12.5 Å². The standard InChI is InChI=1S/C17H14N2O4/c18-16(20)13(19-17(21)12-4-2-1-3-5-12)8-11-6-7-14-15(9-11)23-10-22-14/h1-9H,10H2,(H2,18,20)(H,19,21). The number of benzene rings is 2. The van der Waals surface area contributed by atoms with E-state index in [1.807, 2.05) is 0 Å². The first kappa shape index (κ1) is 14.6. The Labute approximate surface area is 132 Å². The second-order valence-corrected chi connectivity index (χ2v) is 4.86. The van der Waals surface area contributed by atoms with Gasteiger partial charge in [-0.15, -0.1) is 0 Å². The number of carbonyl (C=O) groups excluding carboxylic acids is 2. The van der Waals surface area contributed by atoms with Gasteiger partial charge in [-0.05, 0) is 35.9 Å². The smallest absolute Gasteiger partial charge is 0.265 e. The number of carbonyl (C=O) groups is 2. The van der Waals surface area contributed by atoms with Gasteiger partial charge in [0, 0.05) is 5.56 Å². The molecular formula is C17H14N2O4. The summed E-state index contributed by atoms with van der Waals surface area (Å²) < 4.78 is 10.5. The van der Waals surface area contributed by atoms with Crippen molar-refractivity contribution in [2.45, 2.75) is 0 Å². The van der Waals surface area contributed by atoms with Crippen molar-refractivity contribution in [2.24, 2.45) is 5.73 Å². The van der Waals surface area contributed by atoms with Crippen LogP contribution < -0.4 is 20.5 Å². The summed E-state index contributed by atoms with van der Waals surface area (Å²) in [5, 5.41) is 2.52. The first-order valence-electron chi connectivity index (χ1n) is 6.91. The minimum atomic E-state index is -0.730. The first-order valence-corrected chi connectivity index (χ1v) is 6.91. The Hall–Kier alpha value is -3.28. The first-order chi connectivity index (χ1) is 11.1. The maximum absolute atomic E-state index is 12.1. The lowest BCUT2D eigenvalue weighted by molar-refractivity contribution is -0.114. The number of hydrogen-bond acceptors (Lipinski definition) is 4. The van der Waals surface area contributed by atoms with E-state index in [1.54, 1.807) is 48.5 Å². The maximum atomic E-state index is 12.1. The van der Waals surface area contributed by atoms with Gasteiger partial charge < -0.3 is 20.5 Å². The largest absolute Gasteiger partial charge is 0.454 e. The highest BCUT2D eigenvalue weighted by Crippen LogP contribution is 2.32. The fraction of sp³-hybridized carbons (Fsp3) is 0.0588. The van der Waals surface area contributed by atoms with Gasteiger partial charge in [-0.1, -0.05) is 24.3 Å². The predicted molar refractivity (Wildman–Crippen MR) is 83.6 cm³/mol. The van der Waals surface area contributed by atoms with Crippen molar-refractivity contribution >= 4 is 17.9 Å². The van der Waals surface area contributed by atoms with E-state index in [2.05, 4.69) is 5.32 Å². The van der Waals surface area contributed by atoms with Crippen LogP contribution in [0.4, 0.5) is 0 Å². The van der Waals surface area contributed by atoms with Crippen LogP contribution in [0.5, 0.6) is 11.5 Å². The molecule has 6 heteroatoms. The monoisotopic (exact) mass is 310 g/mol. The highest BCUT2D eigenvalue weighted by atomic mass is 16.7. The summed E-state index contributed by atoms with van der Waals surface area (Å²) in [4.78, 5) is 23.7. The van der Waals surface area contributed by atoms with E-state index in [4.69, 9.17) is 15.2 Å². The lowest BCUT2D eigenvalue weighted by Crippen LogP contribution is -2.31. The van der Waals surface area contributed by atoms with Gasteiger partial charge in [-0.25, -0.2) is 0 Å². The minimum Gasteiger partial charge on any atom is -0.454 e. The molecule has 2 aromatic carbocycles. The molecule has 3 N–H and O–H groups in total. The lowest BCUT2D eigenvalue weighted by atomic mass is 10.1. The van der Waals surface area contributed by atoms with E-state index >= 15 is 0 Å². The molecule has 0 spiro atoms. The fourth-order valence-corrected chi connectivity index (χ4v) is 2.12. The number of fused-ring (bicyclic) bond motifs is 1. The van der Waals surface area contributed by atoms with Crippen LogP contribution in [-0.2, 0) is 4.79 Å². The molecule has 0 bridgehead atoms. The van der Waals surface area contributed by atoms with Crippen LogP contribution in [0.1, 0.15) is 15.9 Å². The predicted octanol–water partition coefficient (Wildman–Crippen LogP) is 1.67. The van der Waals surface area contributed by atoms with Gasteiger partial charge in [0.2, 0.25) is 6.79 Å². The molecule has 0 fully saturated rings. The third-order valence-corrected chi connectivity index (χ3v) is 3.26. The zero-order valence-electron chi connectivity index (χ0n) is 12.1. The Kier molecular flexibility index (Phi) is 3.97. The zero-order valence-corrected chi connectivity index (χ0v) is 12.1. The van der Waals surface area contributed by atoms with Crippen molar-refractivity contribution in [3.05, 3.63) is 65.4 Å². The summed E-state index contributed by atoms with van der Waals surface area (Å²) in [6.45, 7) is 0.163. The Morgan fingerprint density at radius 2 is 1.78 bits per heavy atom. The Morgan fingerprint density at radius 1 is 1.04 bits per heavy atom. The van der Waals surface area contributed by atoms with Crippen LogP contribution in [0.3, 0.4) is 0 Å². The maximum Gasteiger partial charge on any atom is 0.265 e. The molecule has 0 atom stereocenters. The molecule has 0 saturated carbocycles. The summed E-state index contributed by atoms with van der Waals surface area (Å²) in [5.41, 5.74) is 6.44. The highest BCUT2D eigenvalue weighted by molar-refractivity contribution is 6.04. The van der Waals surface area contributed by atoms with Crippen LogP contribution in [0.15, 0.2) is 54.2 Å². The topological polar surface area (TPSA) is 90.7 Å². The van der Waals surface area contributed by atoms with Crippen LogP contribution >= 0.6 is 0 Å². The van der Waals surface area contributed by atoms with Crippen LogP contribution in [-0.4, -0.2) is 18.6 Å². The van der Waals surface area contributed by atoms with Crippen molar-refractivity contribution in [3.8, 4) is 11.5 Å². The van der Waals surface area contributed by atoms with E-state index in [1.165, 1.54) is 6.08 Å². The molecular weight excluding hydrogens is 296 g/mol. The van der Waals surface area contributed by atoms with E-state index in [9.17, 15) is 9.59 Å². The molecule has 116 valence electrons. The summed E-state index contributed by atoms with van der Waals surface area (Å²) in [7, 11) is 0. The molecule has 6 nitrogen and oxygen atoms in total. The Bertz CT molecular complexity index is 784. The van der Waals surface area contributed by atoms with Crippen LogP contribution in [0, 0.1) is 0 Å². The average Bonchev–Trinajstić information content (AvgIpc) is 3.02. The fourth-order valence-electron chi connectivity index (χ4n) is 2.12. The van der Waals surface area contributed by atoms with Gasteiger partial charge in [0.25, 0.3) is 11.8 Å². The molecule has 1 heterocycles. The number of rotatable bonds is 4. The summed E-state index contributed by atoms with van der Waals surface area (Å²) in [5.74, 6) is 0.0800. The van der Waals surface area contributed by atoms with Crippen molar-refractivity contribution in [2.75, 3.05) is 6.79 Å². The molecule has 0 radical (unpaired) electrons. The average molecular weight is 310 g/mol. The molecule has 0 aliphatic carbocycles. The zero-order chi connectivity index (χ0) is 16.2.